The summed E-state index contributed by atoms with van der Waals surface area (Å²) >= 11 is 0. The van der Waals surface area contributed by atoms with Crippen LogP contribution in [0.1, 0.15) is 5.56 Å². The van der Waals surface area contributed by atoms with Gasteiger partial charge in [-0.1, -0.05) is 30.3 Å². The summed E-state index contributed by atoms with van der Waals surface area (Å²) in [6.45, 7) is 0. The molecule has 29 heavy (non-hydrogen) atoms. The molecule has 0 saturated carbocycles. The van der Waals surface area contributed by atoms with Gasteiger partial charge in [-0.05, 0) is 35.9 Å². The summed E-state index contributed by atoms with van der Waals surface area (Å²) in [5, 5.41) is 4.12. The average molecular weight is 423 g/mol. The minimum absolute atomic E-state index is 0. The van der Waals surface area contributed by atoms with Crippen molar-refractivity contribution >= 4 is 39.5 Å². The van der Waals surface area contributed by atoms with Crippen LogP contribution in [-0.2, 0) is 19.7 Å². The molecule has 0 aromatic heterocycles. The zero-order valence-electron chi connectivity index (χ0n) is 15.3. The molecule has 0 aliphatic carbocycles. The van der Waals surface area contributed by atoms with E-state index in [1.807, 2.05) is 0 Å². The Morgan fingerprint density at radius 3 is 2.34 bits per heavy atom. The fourth-order valence-electron chi connectivity index (χ4n) is 2.38. The molecule has 2 aromatic carbocycles. The number of esters is 1. The van der Waals surface area contributed by atoms with Crippen LogP contribution in [0.3, 0.4) is 0 Å². The van der Waals surface area contributed by atoms with Gasteiger partial charge in [-0.25, -0.2) is 18.2 Å². The maximum atomic E-state index is 12.5. The topological polar surface area (TPSA) is 142 Å². The Balaban J connectivity index is 0.00000300. The van der Waals surface area contributed by atoms with E-state index < -0.39 is 33.6 Å². The molecule has 11 heteroatoms. The van der Waals surface area contributed by atoms with Crippen LogP contribution >= 0.6 is 0 Å². The maximum absolute atomic E-state index is 12.5. The fraction of sp³-hybridized carbons (Fsp3) is 0.0556. The first-order chi connectivity index (χ1) is 13.2. The van der Waals surface area contributed by atoms with Gasteiger partial charge in [-0.2, -0.15) is 5.10 Å². The second-order valence-electron chi connectivity index (χ2n) is 5.77. The van der Waals surface area contributed by atoms with E-state index in [-0.39, 0.29) is 40.9 Å². The number of nitrogen functional groups attached to an aromatic ring is 1. The summed E-state index contributed by atoms with van der Waals surface area (Å²) in [6.07, 6.45) is 1.34. The number of nitrogens with zero attached hydrogens (tertiary/aromatic N) is 2. The van der Waals surface area contributed by atoms with Crippen LogP contribution < -0.4 is 40.0 Å². The Morgan fingerprint density at radius 1 is 1.14 bits per heavy atom. The number of para-hydroxylation sites is 1. The molecule has 0 fully saturated rings. The van der Waals surface area contributed by atoms with Crippen molar-refractivity contribution in [2.24, 2.45) is 5.10 Å². The first-order valence-electron chi connectivity index (χ1n) is 7.92. The molecule has 1 aliphatic heterocycles. The molecule has 2 N–H and O–H groups in total. The van der Waals surface area contributed by atoms with Crippen LogP contribution in [0, 0.1) is 0 Å². The van der Waals surface area contributed by atoms with E-state index in [4.69, 9.17) is 10.5 Å². The number of nitrogens with two attached hydrogens (primary N) is 1. The van der Waals surface area contributed by atoms with Gasteiger partial charge < -0.3 is 15.0 Å². The summed E-state index contributed by atoms with van der Waals surface area (Å²) in [7, 11) is -4.80. The molecule has 1 heterocycles. The number of amides is 1. The Morgan fingerprint density at radius 2 is 1.76 bits per heavy atom. The van der Waals surface area contributed by atoms with E-state index in [9.17, 15) is 22.6 Å². The third kappa shape index (κ3) is 5.99. The third-order valence-electron chi connectivity index (χ3n) is 3.62. The van der Waals surface area contributed by atoms with Crippen molar-refractivity contribution in [3.63, 3.8) is 0 Å². The molecule has 1 amide bonds. The number of carbonyl (C=O) groups is 2. The molecule has 3 rings (SSSR count). The van der Waals surface area contributed by atoms with Crippen LogP contribution in [-0.4, -0.2) is 41.4 Å². The molecule has 0 spiro atoms. The normalized spacial score (nSPS) is 15.1. The van der Waals surface area contributed by atoms with Crippen molar-refractivity contribution in [2.45, 2.75) is 0 Å². The monoisotopic (exact) mass is 423 g/mol. The predicted molar refractivity (Wildman–Crippen MR) is 99.8 cm³/mol. The molecule has 1 aliphatic rings. The number of ether oxygens (including phenoxy) is 1. The predicted octanol–water partition coefficient (Wildman–Crippen LogP) is -2.04. The van der Waals surface area contributed by atoms with E-state index in [0.717, 1.165) is 0 Å². The van der Waals surface area contributed by atoms with Crippen LogP contribution in [0.25, 0.3) is 6.08 Å². The quantitative estimate of drug-likeness (QED) is 0.146. The fourth-order valence-corrected chi connectivity index (χ4v) is 2.86. The first kappa shape index (κ1) is 22.8. The Bertz CT molecular complexity index is 1080. The number of rotatable bonds is 5. The second kappa shape index (κ2) is 9.33. The van der Waals surface area contributed by atoms with E-state index in [2.05, 4.69) is 5.10 Å². The number of hydrazone groups is 1. The molecule has 9 nitrogen and oxygen atoms in total. The van der Waals surface area contributed by atoms with E-state index >= 15 is 0 Å². The smallest absolute Gasteiger partial charge is 0.747 e. The zero-order valence-corrected chi connectivity index (χ0v) is 18.1. The van der Waals surface area contributed by atoms with Crippen LogP contribution in [0.2, 0.25) is 0 Å². The molecule has 0 atom stereocenters. The number of benzene rings is 2. The Hall–Kier alpha value is -2.50. The number of hydrogen-bond acceptors (Lipinski definition) is 8. The van der Waals surface area contributed by atoms with Gasteiger partial charge in [0.2, 0.25) is 0 Å². The van der Waals surface area contributed by atoms with Gasteiger partial charge >= 0.3 is 35.5 Å². The van der Waals surface area contributed by atoms with Gasteiger partial charge in [0.25, 0.3) is 5.91 Å². The Kier molecular flexibility index (Phi) is 7.33. The largest absolute Gasteiger partial charge is 1.00 e. The van der Waals surface area contributed by atoms with Crippen LogP contribution in [0.5, 0.6) is 5.75 Å². The zero-order chi connectivity index (χ0) is 20.3. The minimum atomic E-state index is -4.80. The van der Waals surface area contributed by atoms with Crippen molar-refractivity contribution < 1.29 is 56.9 Å². The van der Waals surface area contributed by atoms with Crippen LogP contribution in [0.15, 0.2) is 65.3 Å². The number of carbonyl (C=O) groups excluding carboxylic acids is 2. The molecule has 2 aromatic rings. The van der Waals surface area contributed by atoms with E-state index in [1.165, 1.54) is 18.2 Å². The van der Waals surface area contributed by atoms with Gasteiger partial charge in [0, 0.05) is 5.69 Å². The summed E-state index contributed by atoms with van der Waals surface area (Å²) in [5.41, 5.74) is 6.03. The van der Waals surface area contributed by atoms with Crippen molar-refractivity contribution in [3.8, 4) is 5.75 Å². The number of anilines is 1. The summed E-state index contributed by atoms with van der Waals surface area (Å²) < 4.78 is 38.3. The van der Waals surface area contributed by atoms with Crippen LogP contribution in [0.4, 0.5) is 5.69 Å². The van der Waals surface area contributed by atoms with Crippen molar-refractivity contribution in [1.82, 2.24) is 5.01 Å². The average Bonchev–Trinajstić information content (AvgIpc) is 2.92. The second-order valence-corrected chi connectivity index (χ2v) is 7.14. The molecule has 0 saturated heterocycles. The molecule has 0 unspecified atom stereocenters. The van der Waals surface area contributed by atoms with Crippen molar-refractivity contribution in [3.05, 3.63) is 65.7 Å². The SMILES string of the molecule is Nc1ccc(C=C2C(=O)N(CS(=O)(=O)[O-])N=C2C(=O)Oc2ccccc2)cc1.[Na+]. The van der Waals surface area contributed by atoms with Gasteiger partial charge in [-0.3, -0.25) is 4.79 Å². The van der Waals surface area contributed by atoms with Gasteiger partial charge in [0.05, 0.1) is 5.57 Å². The summed E-state index contributed by atoms with van der Waals surface area (Å²) in [4.78, 5) is 25.0. The molecular formula is C18H14N3NaO6S. The molecule has 0 bridgehead atoms. The summed E-state index contributed by atoms with van der Waals surface area (Å²) in [5.74, 6) is -2.86. The third-order valence-corrected chi connectivity index (χ3v) is 4.18. The molecular weight excluding hydrogens is 409 g/mol. The van der Waals surface area contributed by atoms with Gasteiger partial charge in [-0.15, -0.1) is 0 Å². The van der Waals surface area contributed by atoms with Gasteiger partial charge in [0.15, 0.2) is 5.71 Å². The van der Waals surface area contributed by atoms with E-state index in [1.54, 1.807) is 42.5 Å². The minimum Gasteiger partial charge on any atom is -0.747 e. The molecule has 0 radical (unpaired) electrons. The van der Waals surface area contributed by atoms with Crippen molar-refractivity contribution in [1.29, 1.82) is 0 Å². The van der Waals surface area contributed by atoms with E-state index in [0.29, 0.717) is 16.3 Å². The van der Waals surface area contributed by atoms with Crippen molar-refractivity contribution in [2.75, 3.05) is 11.6 Å². The Labute approximate surface area is 188 Å². The summed E-state index contributed by atoms with van der Waals surface area (Å²) in [6, 6.07) is 14.4. The number of hydrogen-bond donors (Lipinski definition) is 1. The molecule has 144 valence electrons. The maximum Gasteiger partial charge on any atom is 1.00 e. The first-order valence-corrected chi connectivity index (χ1v) is 9.49. The van der Waals surface area contributed by atoms with Gasteiger partial charge in [0.1, 0.15) is 21.7 Å². The standard InChI is InChI=1S/C18H15N3O6S.Na/c19-13-8-6-12(7-9-13)10-15-16(18(23)27-14-4-2-1-3-5-14)20-21(17(15)22)11-28(24,25)26;/h1-10H,11,19H2,(H,24,25,26);/q;+1/p-1.